The van der Waals surface area contributed by atoms with Crippen LogP contribution in [0.2, 0.25) is 0 Å². The molecule has 0 unspecified atom stereocenters. The molecule has 2 heterocycles. The average molecular weight is 474 g/mol. The molecule has 2 aliphatic rings. The molecule has 0 saturated carbocycles. The van der Waals surface area contributed by atoms with Gasteiger partial charge in [-0.3, -0.25) is 20.0 Å². The molecule has 0 aromatic rings. The van der Waals surface area contributed by atoms with E-state index in [9.17, 15) is 0 Å². The van der Waals surface area contributed by atoms with Crippen molar-refractivity contribution in [2.24, 2.45) is 20.0 Å². The first-order chi connectivity index (χ1) is 13.3. The van der Waals surface area contributed by atoms with Crippen LogP contribution >= 0.6 is 0 Å². The minimum Gasteiger partial charge on any atom is -0.326 e. The van der Waals surface area contributed by atoms with Gasteiger partial charge in [0.05, 0.1) is 22.2 Å². The molecular formula is C24H42CoN6. The zero-order valence-electron chi connectivity index (χ0n) is 21.4. The summed E-state index contributed by atoms with van der Waals surface area (Å²) in [5.74, 6) is 3.58. The summed E-state index contributed by atoms with van der Waals surface area (Å²) in [5.41, 5.74) is -0.207. The molecule has 0 bridgehead atoms. The molecule has 0 fully saturated rings. The third kappa shape index (κ3) is 14.8. The van der Waals surface area contributed by atoms with Gasteiger partial charge in [-0.25, -0.2) is 0 Å². The van der Waals surface area contributed by atoms with Crippen LogP contribution in [-0.4, -0.2) is 45.5 Å². The van der Waals surface area contributed by atoms with E-state index in [0.29, 0.717) is 0 Å². The summed E-state index contributed by atoms with van der Waals surface area (Å²) in [6, 6.07) is 0. The van der Waals surface area contributed by atoms with Crippen molar-refractivity contribution in [1.29, 1.82) is 0 Å². The van der Waals surface area contributed by atoms with Gasteiger partial charge >= 0.3 is 0 Å². The van der Waals surface area contributed by atoms with Crippen LogP contribution in [0, 0.1) is 0 Å². The molecule has 2 rings (SSSR count). The smallest absolute Gasteiger partial charge is 0.127 e. The fourth-order valence-corrected chi connectivity index (χ4v) is 2.45. The maximum absolute atomic E-state index is 4.53. The summed E-state index contributed by atoms with van der Waals surface area (Å²) in [6.07, 6.45) is 7.87. The minimum atomic E-state index is -0.0517. The van der Waals surface area contributed by atoms with Crippen LogP contribution in [0.15, 0.2) is 44.3 Å². The number of nitrogens with one attached hydrogen (secondary N) is 2. The Balaban J connectivity index is 0.000000562. The molecule has 0 spiro atoms. The second kappa shape index (κ2) is 10.7. The molecule has 31 heavy (non-hydrogen) atoms. The second-order valence-corrected chi connectivity index (χ2v) is 11.6. The molecular weight excluding hydrogens is 431 g/mol. The van der Waals surface area contributed by atoms with E-state index < -0.39 is 0 Å². The molecule has 6 nitrogen and oxygen atoms in total. The van der Waals surface area contributed by atoms with Gasteiger partial charge in [0.15, 0.2) is 0 Å². The van der Waals surface area contributed by atoms with Crippen molar-refractivity contribution in [1.82, 2.24) is 10.6 Å². The van der Waals surface area contributed by atoms with E-state index in [2.05, 4.69) is 114 Å². The van der Waals surface area contributed by atoms with Crippen molar-refractivity contribution >= 4 is 23.3 Å². The molecule has 0 aromatic carbocycles. The van der Waals surface area contributed by atoms with E-state index >= 15 is 0 Å². The Hall–Kier alpha value is -1.73. The fourth-order valence-electron chi connectivity index (χ4n) is 2.45. The second-order valence-electron chi connectivity index (χ2n) is 11.6. The van der Waals surface area contributed by atoms with Gasteiger partial charge in [-0.15, -0.1) is 0 Å². The molecule has 177 valence electrons. The van der Waals surface area contributed by atoms with Crippen LogP contribution in [0.1, 0.15) is 83.1 Å². The van der Waals surface area contributed by atoms with Gasteiger partial charge in [0.25, 0.3) is 0 Å². The number of rotatable bonds is 0. The molecule has 2 N–H and O–H groups in total. The SMILES string of the molecule is CC(C)(C)N=C1C=CC(=NC(C)(C)C)N1.CC(C)(C)N=C1C=CC(=NC(C)(C)C)N1.[Co]. The van der Waals surface area contributed by atoms with E-state index in [1.807, 2.05) is 24.3 Å². The maximum Gasteiger partial charge on any atom is 0.127 e. The Morgan fingerprint density at radius 3 is 0.710 bits per heavy atom. The summed E-state index contributed by atoms with van der Waals surface area (Å²) in [6.45, 7) is 24.9. The average Bonchev–Trinajstić information content (AvgIpc) is 3.02. The largest absolute Gasteiger partial charge is 0.326 e. The standard InChI is InChI=1S/2C12H21N3.Co/c2*1-11(2,3)14-9-7-8-10(13-9)15-12(4,5)6;/h2*7-8H,1-6H3,(H,13,14,15);. The molecule has 0 aromatic heterocycles. The molecule has 0 aliphatic carbocycles. The van der Waals surface area contributed by atoms with Crippen LogP contribution in [0.4, 0.5) is 0 Å². The number of aliphatic imine (C=N–C) groups is 4. The topological polar surface area (TPSA) is 73.5 Å². The molecule has 0 amide bonds. The molecule has 7 heteroatoms. The Bertz CT molecular complexity index is 654. The van der Waals surface area contributed by atoms with Gasteiger partial charge in [0.1, 0.15) is 23.3 Å². The van der Waals surface area contributed by atoms with Crippen LogP contribution in [0.3, 0.4) is 0 Å². The normalized spacial score (nSPS) is 21.8. The Kier molecular flexibility index (Phi) is 10.1. The first kappa shape index (κ1) is 29.3. The predicted molar refractivity (Wildman–Crippen MR) is 133 cm³/mol. The van der Waals surface area contributed by atoms with Gasteiger partial charge in [-0.05, 0) is 107 Å². The van der Waals surface area contributed by atoms with Crippen LogP contribution in [0.5, 0.6) is 0 Å². The van der Waals surface area contributed by atoms with Crippen LogP contribution in [0.25, 0.3) is 0 Å². The molecule has 2 aliphatic heterocycles. The minimum absolute atomic E-state index is 0. The fraction of sp³-hybridized carbons (Fsp3) is 0.667. The van der Waals surface area contributed by atoms with Gasteiger partial charge in [0.2, 0.25) is 0 Å². The van der Waals surface area contributed by atoms with Crippen molar-refractivity contribution in [2.75, 3.05) is 0 Å². The van der Waals surface area contributed by atoms with Gasteiger partial charge < -0.3 is 10.6 Å². The Morgan fingerprint density at radius 2 is 0.581 bits per heavy atom. The van der Waals surface area contributed by atoms with Gasteiger partial charge in [-0.2, -0.15) is 0 Å². The number of hydrogen-bond donors (Lipinski definition) is 2. The number of nitrogens with zero attached hydrogens (tertiary/aromatic N) is 4. The van der Waals surface area contributed by atoms with Gasteiger partial charge in [-0.1, -0.05) is 0 Å². The third-order valence-corrected chi connectivity index (χ3v) is 3.13. The summed E-state index contributed by atoms with van der Waals surface area (Å²) in [4.78, 5) is 18.1. The quantitative estimate of drug-likeness (QED) is 0.515. The number of hydrogen-bond acceptors (Lipinski definition) is 4. The predicted octanol–water partition coefficient (Wildman–Crippen LogP) is 5.08. The van der Waals surface area contributed by atoms with E-state index in [1.54, 1.807) is 0 Å². The summed E-state index contributed by atoms with van der Waals surface area (Å²) in [7, 11) is 0. The van der Waals surface area contributed by atoms with E-state index in [4.69, 9.17) is 0 Å². The zero-order valence-corrected chi connectivity index (χ0v) is 22.5. The Morgan fingerprint density at radius 1 is 0.419 bits per heavy atom. The molecule has 0 saturated heterocycles. The monoisotopic (exact) mass is 473 g/mol. The third-order valence-electron chi connectivity index (χ3n) is 3.13. The van der Waals surface area contributed by atoms with E-state index in [0.717, 1.165) is 23.3 Å². The van der Waals surface area contributed by atoms with E-state index in [-0.39, 0.29) is 38.9 Å². The van der Waals surface area contributed by atoms with Crippen molar-refractivity contribution in [3.05, 3.63) is 24.3 Å². The van der Waals surface area contributed by atoms with Crippen molar-refractivity contribution in [3.63, 3.8) is 0 Å². The molecule has 1 radical (unpaired) electrons. The maximum atomic E-state index is 4.53. The first-order valence-corrected chi connectivity index (χ1v) is 10.6. The summed E-state index contributed by atoms with van der Waals surface area (Å²) >= 11 is 0. The van der Waals surface area contributed by atoms with Crippen molar-refractivity contribution < 1.29 is 16.8 Å². The Labute approximate surface area is 200 Å². The van der Waals surface area contributed by atoms with E-state index in [1.165, 1.54) is 0 Å². The summed E-state index contributed by atoms with van der Waals surface area (Å²) in [5, 5.41) is 6.39. The van der Waals surface area contributed by atoms with Crippen LogP contribution in [-0.2, 0) is 16.8 Å². The number of amidine groups is 4. The van der Waals surface area contributed by atoms with Crippen molar-refractivity contribution in [2.45, 2.75) is 105 Å². The van der Waals surface area contributed by atoms with Gasteiger partial charge in [0, 0.05) is 16.8 Å². The zero-order chi connectivity index (χ0) is 23.4. The summed E-state index contributed by atoms with van der Waals surface area (Å²) < 4.78 is 0. The van der Waals surface area contributed by atoms with Crippen LogP contribution < -0.4 is 10.6 Å². The van der Waals surface area contributed by atoms with Crippen molar-refractivity contribution in [3.8, 4) is 0 Å². The first-order valence-electron chi connectivity index (χ1n) is 10.6. The molecule has 0 atom stereocenters.